The summed E-state index contributed by atoms with van der Waals surface area (Å²) in [5.41, 5.74) is 0. The van der Waals surface area contributed by atoms with E-state index in [2.05, 4.69) is 57.2 Å². The van der Waals surface area contributed by atoms with E-state index in [1.165, 1.54) is 148 Å². The van der Waals surface area contributed by atoms with Gasteiger partial charge in [0.05, 0.1) is 0 Å². The van der Waals surface area contributed by atoms with Crippen LogP contribution < -0.4 is 0 Å². The molecule has 0 heterocycles. The number of carbonyl (C=O) groups excluding carboxylic acids is 3. The van der Waals surface area contributed by atoms with Gasteiger partial charge < -0.3 is 14.2 Å². The Morgan fingerprint density at radius 2 is 0.610 bits per heavy atom. The quantitative estimate of drug-likeness (QED) is 0.0263. The molecule has 0 spiro atoms. The van der Waals surface area contributed by atoms with Crippen LogP contribution in [0.1, 0.15) is 265 Å². The molecule has 0 unspecified atom stereocenters. The summed E-state index contributed by atoms with van der Waals surface area (Å²) in [6.45, 7) is 6.59. The average Bonchev–Trinajstić information content (AvgIpc) is 3.23. The summed E-state index contributed by atoms with van der Waals surface area (Å²) in [5, 5.41) is 0. The standard InChI is InChI=1S/C53H96O6/c1-4-7-10-13-16-19-22-24-25-26-27-29-31-34-37-40-43-46-52(55)58-49-50(48-57-51(54)45-42-39-36-33-30-21-18-15-12-9-6-3)59-53(56)47-44-41-38-35-32-28-23-20-17-14-11-8-5-2/h16,19-20,23-25,50H,4-15,17-18,21-22,26-49H2,1-3H3/b19-16-,23-20-,25-24-/t50-/m1/s1. The molecule has 0 aromatic carbocycles. The molecule has 344 valence electrons. The number of rotatable bonds is 46. The van der Waals surface area contributed by atoms with Crippen LogP contribution in [0.15, 0.2) is 36.5 Å². The lowest BCUT2D eigenvalue weighted by Crippen LogP contribution is -2.30. The lowest BCUT2D eigenvalue weighted by molar-refractivity contribution is -0.167. The zero-order chi connectivity index (χ0) is 43.0. The van der Waals surface area contributed by atoms with Gasteiger partial charge in [0.25, 0.3) is 0 Å². The third-order valence-electron chi connectivity index (χ3n) is 11.1. The molecule has 6 heteroatoms. The van der Waals surface area contributed by atoms with Gasteiger partial charge in [-0.05, 0) is 77.0 Å². The third-order valence-corrected chi connectivity index (χ3v) is 11.1. The van der Waals surface area contributed by atoms with Crippen molar-refractivity contribution in [1.29, 1.82) is 0 Å². The molecule has 0 aliphatic rings. The van der Waals surface area contributed by atoms with Crippen molar-refractivity contribution >= 4 is 17.9 Å². The van der Waals surface area contributed by atoms with Crippen LogP contribution in [0.4, 0.5) is 0 Å². The largest absolute Gasteiger partial charge is 0.462 e. The smallest absolute Gasteiger partial charge is 0.306 e. The predicted octanol–water partition coefficient (Wildman–Crippen LogP) is 16.5. The number of unbranched alkanes of at least 4 members (excludes halogenated alkanes) is 29. The molecule has 1 atom stereocenters. The lowest BCUT2D eigenvalue weighted by Gasteiger charge is -2.18. The van der Waals surface area contributed by atoms with Gasteiger partial charge in [0.1, 0.15) is 13.2 Å². The number of ether oxygens (including phenoxy) is 3. The second kappa shape index (κ2) is 48.3. The Balaban J connectivity index is 4.35. The van der Waals surface area contributed by atoms with E-state index in [0.717, 1.165) is 77.0 Å². The second-order valence-electron chi connectivity index (χ2n) is 17.1. The predicted molar refractivity (Wildman–Crippen MR) is 252 cm³/mol. The Morgan fingerprint density at radius 3 is 1.00 bits per heavy atom. The van der Waals surface area contributed by atoms with Crippen molar-refractivity contribution in [2.75, 3.05) is 13.2 Å². The van der Waals surface area contributed by atoms with E-state index < -0.39 is 6.10 Å². The Hall–Kier alpha value is -2.37. The Morgan fingerprint density at radius 1 is 0.339 bits per heavy atom. The van der Waals surface area contributed by atoms with E-state index in [1.807, 2.05) is 0 Å². The normalized spacial score (nSPS) is 12.3. The number of esters is 3. The Labute approximate surface area is 365 Å². The fourth-order valence-corrected chi connectivity index (χ4v) is 7.23. The van der Waals surface area contributed by atoms with Crippen LogP contribution in [0.25, 0.3) is 0 Å². The topological polar surface area (TPSA) is 78.9 Å². The summed E-state index contributed by atoms with van der Waals surface area (Å²) in [4.78, 5) is 37.9. The minimum atomic E-state index is -0.775. The molecule has 0 N–H and O–H groups in total. The Bertz CT molecular complexity index is 1000. The first-order valence-electron chi connectivity index (χ1n) is 25.5. The molecule has 0 aliphatic carbocycles. The second-order valence-corrected chi connectivity index (χ2v) is 17.1. The van der Waals surface area contributed by atoms with E-state index in [1.54, 1.807) is 0 Å². The number of carbonyl (C=O) groups is 3. The van der Waals surface area contributed by atoms with Crippen molar-refractivity contribution in [3.05, 3.63) is 36.5 Å². The van der Waals surface area contributed by atoms with Gasteiger partial charge in [-0.2, -0.15) is 0 Å². The summed E-state index contributed by atoms with van der Waals surface area (Å²) in [5.74, 6) is -0.885. The maximum absolute atomic E-state index is 12.8. The molecule has 0 fully saturated rings. The first-order valence-corrected chi connectivity index (χ1v) is 25.5. The summed E-state index contributed by atoms with van der Waals surface area (Å²) < 4.78 is 16.8. The minimum Gasteiger partial charge on any atom is -0.462 e. The molecule has 0 saturated heterocycles. The van der Waals surface area contributed by atoms with Crippen LogP contribution in [-0.4, -0.2) is 37.2 Å². The minimum absolute atomic E-state index is 0.0754. The van der Waals surface area contributed by atoms with Gasteiger partial charge in [0.15, 0.2) is 6.10 Å². The van der Waals surface area contributed by atoms with Gasteiger partial charge >= 0.3 is 17.9 Å². The van der Waals surface area contributed by atoms with Crippen LogP contribution in [0.2, 0.25) is 0 Å². The van der Waals surface area contributed by atoms with Crippen molar-refractivity contribution in [2.45, 2.75) is 271 Å². The van der Waals surface area contributed by atoms with Gasteiger partial charge in [-0.1, -0.05) is 205 Å². The lowest BCUT2D eigenvalue weighted by atomic mass is 10.1. The molecule has 0 radical (unpaired) electrons. The van der Waals surface area contributed by atoms with Gasteiger partial charge in [-0.15, -0.1) is 0 Å². The van der Waals surface area contributed by atoms with Crippen LogP contribution in [0.5, 0.6) is 0 Å². The maximum Gasteiger partial charge on any atom is 0.306 e. The van der Waals surface area contributed by atoms with Crippen LogP contribution in [-0.2, 0) is 28.6 Å². The van der Waals surface area contributed by atoms with E-state index in [4.69, 9.17) is 14.2 Å². The summed E-state index contributed by atoms with van der Waals surface area (Å²) in [6, 6.07) is 0. The highest BCUT2D eigenvalue weighted by Gasteiger charge is 2.19. The van der Waals surface area contributed by atoms with Crippen molar-refractivity contribution in [1.82, 2.24) is 0 Å². The summed E-state index contributed by atoms with van der Waals surface area (Å²) >= 11 is 0. The number of hydrogen-bond donors (Lipinski definition) is 0. The van der Waals surface area contributed by atoms with Gasteiger partial charge in [-0.25, -0.2) is 0 Å². The zero-order valence-electron chi connectivity index (χ0n) is 39.3. The molecule has 59 heavy (non-hydrogen) atoms. The molecule has 0 saturated carbocycles. The van der Waals surface area contributed by atoms with E-state index in [9.17, 15) is 14.4 Å². The summed E-state index contributed by atoms with van der Waals surface area (Å²) in [6.07, 6.45) is 55.5. The van der Waals surface area contributed by atoms with Crippen LogP contribution >= 0.6 is 0 Å². The van der Waals surface area contributed by atoms with Crippen molar-refractivity contribution in [3.63, 3.8) is 0 Å². The highest BCUT2D eigenvalue weighted by Crippen LogP contribution is 2.15. The fraction of sp³-hybridized carbons (Fsp3) is 0.830. The molecular formula is C53H96O6. The third kappa shape index (κ3) is 46.5. The highest BCUT2D eigenvalue weighted by atomic mass is 16.6. The Kier molecular flexibility index (Phi) is 46.4. The molecule has 0 aromatic heterocycles. The molecule has 0 amide bonds. The fourth-order valence-electron chi connectivity index (χ4n) is 7.23. The molecule has 0 aliphatic heterocycles. The maximum atomic E-state index is 12.8. The molecule has 6 nitrogen and oxygen atoms in total. The first kappa shape index (κ1) is 56.6. The van der Waals surface area contributed by atoms with Crippen molar-refractivity contribution in [2.24, 2.45) is 0 Å². The van der Waals surface area contributed by atoms with Crippen molar-refractivity contribution < 1.29 is 28.6 Å². The van der Waals surface area contributed by atoms with E-state index in [-0.39, 0.29) is 31.1 Å². The number of allylic oxidation sites excluding steroid dienone is 6. The monoisotopic (exact) mass is 829 g/mol. The van der Waals surface area contributed by atoms with Gasteiger partial charge in [0, 0.05) is 19.3 Å². The molecule has 0 aromatic rings. The molecular weight excluding hydrogens is 733 g/mol. The number of hydrogen-bond acceptors (Lipinski definition) is 6. The van der Waals surface area contributed by atoms with Gasteiger partial charge in [0.2, 0.25) is 0 Å². The van der Waals surface area contributed by atoms with E-state index in [0.29, 0.717) is 19.3 Å². The molecule has 0 rings (SSSR count). The van der Waals surface area contributed by atoms with Gasteiger partial charge in [-0.3, -0.25) is 14.4 Å². The average molecular weight is 829 g/mol. The highest BCUT2D eigenvalue weighted by molar-refractivity contribution is 5.71. The molecule has 0 bridgehead atoms. The van der Waals surface area contributed by atoms with Crippen molar-refractivity contribution in [3.8, 4) is 0 Å². The van der Waals surface area contributed by atoms with E-state index >= 15 is 0 Å². The summed E-state index contributed by atoms with van der Waals surface area (Å²) in [7, 11) is 0. The zero-order valence-corrected chi connectivity index (χ0v) is 39.3. The van der Waals surface area contributed by atoms with Crippen LogP contribution in [0.3, 0.4) is 0 Å². The SMILES string of the molecule is CCCCC/C=C\C/C=C\CCCCCCCCCC(=O)OC[C@@H](COC(=O)CCCCCCCCCCCCC)OC(=O)CCCCCCC/C=C\CCCCCC. The van der Waals surface area contributed by atoms with Crippen LogP contribution in [0, 0.1) is 0 Å². The first-order chi connectivity index (χ1) is 29.0.